The second kappa shape index (κ2) is 16.5. The molecule has 0 aromatic heterocycles. The van der Waals surface area contributed by atoms with Crippen LogP contribution in [0.4, 0.5) is 0 Å². The minimum absolute atomic E-state index is 0. The van der Waals surface area contributed by atoms with Crippen LogP contribution >= 0.6 is 0 Å². The summed E-state index contributed by atoms with van der Waals surface area (Å²) in [7, 11) is 0. The number of rotatable bonds is 13. The van der Waals surface area contributed by atoms with Gasteiger partial charge in [0.15, 0.2) is 5.78 Å². The van der Waals surface area contributed by atoms with Crippen LogP contribution in [0.1, 0.15) is 78.1 Å². The standard InChI is InChI=1S/C16H31NO3.Na.H/c1-3-4-5-6-7-8-9-10-11-12-15(18)13-20-16(19)14(2)17;;/h14H,3-13,17H2,1-2H3;;. The van der Waals surface area contributed by atoms with Crippen molar-refractivity contribution in [2.75, 3.05) is 6.61 Å². The Hall–Kier alpha value is 0.1000. The molecule has 0 aliphatic rings. The van der Waals surface area contributed by atoms with E-state index in [9.17, 15) is 9.59 Å². The van der Waals surface area contributed by atoms with Crippen molar-refractivity contribution in [3.8, 4) is 0 Å². The monoisotopic (exact) mass is 309 g/mol. The number of carbonyl (C=O) groups excluding carboxylic acids is 2. The Kier molecular flexibility index (Phi) is 18.3. The fourth-order valence-corrected chi connectivity index (χ4v) is 1.99. The molecule has 0 bridgehead atoms. The minimum atomic E-state index is -0.657. The van der Waals surface area contributed by atoms with E-state index in [-0.39, 0.29) is 41.9 Å². The van der Waals surface area contributed by atoms with Gasteiger partial charge in [-0.25, -0.2) is 0 Å². The van der Waals surface area contributed by atoms with E-state index in [0.29, 0.717) is 6.42 Å². The molecule has 0 saturated carbocycles. The van der Waals surface area contributed by atoms with Crippen molar-refractivity contribution in [2.24, 2.45) is 5.73 Å². The van der Waals surface area contributed by atoms with Gasteiger partial charge >= 0.3 is 35.5 Å². The molecule has 5 heteroatoms. The third-order valence-electron chi connectivity index (χ3n) is 3.31. The van der Waals surface area contributed by atoms with Gasteiger partial charge < -0.3 is 10.5 Å². The molecule has 0 aliphatic carbocycles. The van der Waals surface area contributed by atoms with E-state index < -0.39 is 12.0 Å². The Morgan fingerprint density at radius 2 is 1.43 bits per heavy atom. The first-order valence-electron chi connectivity index (χ1n) is 8.01. The summed E-state index contributed by atoms with van der Waals surface area (Å²) in [5.74, 6) is -0.521. The Morgan fingerprint density at radius 1 is 0.952 bits per heavy atom. The number of esters is 1. The Bertz CT molecular complexity index is 270. The van der Waals surface area contributed by atoms with Crippen LogP contribution in [0, 0.1) is 0 Å². The Labute approximate surface area is 151 Å². The molecule has 0 heterocycles. The number of Topliss-reactive ketones (excluding diaryl/α,β-unsaturated/α-hetero) is 1. The van der Waals surface area contributed by atoms with Crippen molar-refractivity contribution in [3.05, 3.63) is 0 Å². The average molecular weight is 309 g/mol. The van der Waals surface area contributed by atoms with Gasteiger partial charge in [-0.2, -0.15) is 0 Å². The molecule has 1 unspecified atom stereocenters. The van der Waals surface area contributed by atoms with E-state index in [4.69, 9.17) is 10.5 Å². The van der Waals surface area contributed by atoms with Crippen molar-refractivity contribution < 1.29 is 14.3 Å². The van der Waals surface area contributed by atoms with Crippen LogP contribution in [0.5, 0.6) is 0 Å². The summed E-state index contributed by atoms with van der Waals surface area (Å²) in [6.07, 6.45) is 11.5. The van der Waals surface area contributed by atoms with Gasteiger partial charge in [-0.1, -0.05) is 58.3 Å². The molecule has 4 nitrogen and oxygen atoms in total. The number of unbranched alkanes of at least 4 members (excludes halogenated alkanes) is 8. The predicted molar refractivity (Wildman–Crippen MR) is 88.6 cm³/mol. The quantitative estimate of drug-likeness (QED) is 0.323. The first-order chi connectivity index (χ1) is 9.57. The van der Waals surface area contributed by atoms with Crippen LogP contribution in [0.2, 0.25) is 0 Å². The molecule has 0 rings (SSSR count). The van der Waals surface area contributed by atoms with Gasteiger partial charge in [0, 0.05) is 6.42 Å². The zero-order valence-corrected chi connectivity index (χ0v) is 13.2. The van der Waals surface area contributed by atoms with Gasteiger partial charge in [0.25, 0.3) is 0 Å². The Morgan fingerprint density at radius 3 is 1.90 bits per heavy atom. The predicted octanol–water partition coefficient (Wildman–Crippen LogP) is 2.72. The molecular weight excluding hydrogens is 277 g/mol. The van der Waals surface area contributed by atoms with Gasteiger partial charge in [-0.3, -0.25) is 9.59 Å². The van der Waals surface area contributed by atoms with Gasteiger partial charge in [0.05, 0.1) is 0 Å². The van der Waals surface area contributed by atoms with Crippen molar-refractivity contribution >= 4 is 41.3 Å². The van der Waals surface area contributed by atoms with Crippen molar-refractivity contribution in [1.29, 1.82) is 0 Å². The number of carbonyl (C=O) groups is 2. The average Bonchev–Trinajstić information content (AvgIpc) is 2.42. The van der Waals surface area contributed by atoms with Gasteiger partial charge in [-0.15, -0.1) is 0 Å². The molecule has 0 aromatic rings. The van der Waals surface area contributed by atoms with Crippen LogP contribution in [0.3, 0.4) is 0 Å². The summed E-state index contributed by atoms with van der Waals surface area (Å²) in [4.78, 5) is 22.5. The molecule has 0 saturated heterocycles. The molecule has 0 aliphatic heterocycles. The SMILES string of the molecule is CCCCCCCCCCCC(=O)COC(=O)C(C)N.[NaH]. The molecule has 0 radical (unpaired) electrons. The molecule has 0 spiro atoms. The summed E-state index contributed by atoms with van der Waals surface area (Å²) in [6.45, 7) is 3.65. The normalized spacial score (nSPS) is 11.6. The second-order valence-electron chi connectivity index (χ2n) is 5.51. The summed E-state index contributed by atoms with van der Waals surface area (Å²) in [6, 6.07) is -0.657. The van der Waals surface area contributed by atoms with E-state index in [1.165, 1.54) is 44.9 Å². The molecule has 2 N–H and O–H groups in total. The van der Waals surface area contributed by atoms with Crippen molar-refractivity contribution in [2.45, 2.75) is 84.1 Å². The van der Waals surface area contributed by atoms with Gasteiger partial charge in [-0.05, 0) is 13.3 Å². The van der Waals surface area contributed by atoms with Crippen molar-refractivity contribution in [1.82, 2.24) is 0 Å². The number of ether oxygens (including phenoxy) is 1. The van der Waals surface area contributed by atoms with Crippen LogP contribution in [-0.2, 0) is 14.3 Å². The maximum absolute atomic E-state index is 11.5. The van der Waals surface area contributed by atoms with Crippen LogP contribution in [0.25, 0.3) is 0 Å². The van der Waals surface area contributed by atoms with Crippen LogP contribution < -0.4 is 5.73 Å². The van der Waals surface area contributed by atoms with E-state index in [1.807, 2.05) is 0 Å². The third kappa shape index (κ3) is 16.3. The molecule has 0 amide bonds. The number of hydrogen-bond donors (Lipinski definition) is 1. The number of ketones is 1. The van der Waals surface area contributed by atoms with Crippen LogP contribution in [-0.4, -0.2) is 54.0 Å². The zero-order chi connectivity index (χ0) is 15.2. The fraction of sp³-hybridized carbons (Fsp3) is 0.875. The summed E-state index contributed by atoms with van der Waals surface area (Å²) >= 11 is 0. The van der Waals surface area contributed by atoms with E-state index >= 15 is 0 Å². The first-order valence-corrected chi connectivity index (χ1v) is 8.01. The first kappa shape index (κ1) is 23.4. The van der Waals surface area contributed by atoms with E-state index in [2.05, 4.69) is 6.92 Å². The van der Waals surface area contributed by atoms with Crippen molar-refractivity contribution in [3.63, 3.8) is 0 Å². The second-order valence-corrected chi connectivity index (χ2v) is 5.51. The summed E-state index contributed by atoms with van der Waals surface area (Å²) in [5.41, 5.74) is 5.33. The zero-order valence-electron chi connectivity index (χ0n) is 13.2. The molecule has 0 fully saturated rings. The third-order valence-corrected chi connectivity index (χ3v) is 3.31. The molecule has 120 valence electrons. The molecule has 0 aromatic carbocycles. The van der Waals surface area contributed by atoms with Gasteiger partial charge in [0.2, 0.25) is 0 Å². The number of hydrogen-bond acceptors (Lipinski definition) is 4. The van der Waals surface area contributed by atoms with Crippen LogP contribution in [0.15, 0.2) is 0 Å². The number of nitrogens with two attached hydrogens (primary N) is 1. The van der Waals surface area contributed by atoms with Gasteiger partial charge in [0.1, 0.15) is 12.6 Å². The van der Waals surface area contributed by atoms with E-state index in [0.717, 1.165) is 12.8 Å². The maximum atomic E-state index is 11.5. The molecular formula is C16H32NNaO3. The summed E-state index contributed by atoms with van der Waals surface area (Å²) in [5, 5.41) is 0. The summed E-state index contributed by atoms with van der Waals surface area (Å²) < 4.78 is 4.78. The fourth-order valence-electron chi connectivity index (χ4n) is 1.99. The molecule has 1 atom stereocenters. The molecule has 21 heavy (non-hydrogen) atoms. The van der Waals surface area contributed by atoms with E-state index in [1.54, 1.807) is 6.92 Å². The Balaban J connectivity index is 0. The topological polar surface area (TPSA) is 69.4 Å².